The average Bonchev–Trinajstić information content (AvgIpc) is 2.90. The summed E-state index contributed by atoms with van der Waals surface area (Å²) in [7, 11) is 1.85. The van der Waals surface area contributed by atoms with Gasteiger partial charge in [0.1, 0.15) is 11.8 Å². The van der Waals surface area contributed by atoms with Crippen LogP contribution < -0.4 is 5.32 Å². The second-order valence-electron chi connectivity index (χ2n) is 4.41. The highest BCUT2D eigenvalue weighted by Crippen LogP contribution is 2.15. The molecule has 0 bridgehead atoms. The van der Waals surface area contributed by atoms with Crippen LogP contribution in [0.5, 0.6) is 0 Å². The fraction of sp³-hybridized carbons (Fsp3) is 0.133. The standard InChI is InChI=1S/C15H15N5/c1-16-8-7-13-14-15(18-10-17-13)20(11-19-14)9-12-5-3-2-4-6-12/h2-8,10-11,16H,9H2,1H3/b8-7-. The molecule has 0 aliphatic rings. The van der Waals surface area contributed by atoms with E-state index in [0.29, 0.717) is 0 Å². The minimum absolute atomic E-state index is 0.754. The Balaban J connectivity index is 1.99. The molecule has 2 heterocycles. The minimum atomic E-state index is 0.754. The molecule has 1 N–H and O–H groups in total. The zero-order chi connectivity index (χ0) is 13.8. The van der Waals surface area contributed by atoms with Crippen LogP contribution in [0.15, 0.2) is 49.2 Å². The van der Waals surface area contributed by atoms with Crippen molar-refractivity contribution >= 4 is 17.2 Å². The van der Waals surface area contributed by atoms with Crippen molar-refractivity contribution in [3.63, 3.8) is 0 Å². The third-order valence-electron chi connectivity index (χ3n) is 3.03. The van der Waals surface area contributed by atoms with Crippen molar-refractivity contribution in [3.8, 4) is 0 Å². The van der Waals surface area contributed by atoms with Gasteiger partial charge in [-0.3, -0.25) is 0 Å². The molecular formula is C15H15N5. The summed E-state index contributed by atoms with van der Waals surface area (Å²) in [4.78, 5) is 13.0. The molecule has 3 aromatic rings. The predicted octanol–water partition coefficient (Wildman–Crippen LogP) is 2.06. The molecule has 2 aromatic heterocycles. The first-order chi connectivity index (χ1) is 9.88. The number of imidazole rings is 1. The second kappa shape index (κ2) is 5.52. The predicted molar refractivity (Wildman–Crippen MR) is 79.0 cm³/mol. The highest BCUT2D eigenvalue weighted by Gasteiger charge is 2.08. The third kappa shape index (κ3) is 2.38. The topological polar surface area (TPSA) is 55.6 Å². The van der Waals surface area contributed by atoms with E-state index in [0.717, 1.165) is 23.4 Å². The number of nitrogens with one attached hydrogen (secondary N) is 1. The quantitative estimate of drug-likeness (QED) is 0.784. The highest BCUT2D eigenvalue weighted by atomic mass is 15.1. The van der Waals surface area contributed by atoms with Gasteiger partial charge in [0.15, 0.2) is 5.65 Å². The van der Waals surface area contributed by atoms with Crippen LogP contribution >= 0.6 is 0 Å². The lowest BCUT2D eigenvalue weighted by Crippen LogP contribution is -1.99. The van der Waals surface area contributed by atoms with Crippen molar-refractivity contribution in [1.29, 1.82) is 0 Å². The lowest BCUT2D eigenvalue weighted by atomic mass is 10.2. The third-order valence-corrected chi connectivity index (χ3v) is 3.03. The number of fused-ring (bicyclic) bond motifs is 1. The van der Waals surface area contributed by atoms with E-state index in [2.05, 4.69) is 32.4 Å². The molecule has 0 saturated carbocycles. The first kappa shape index (κ1) is 12.3. The molecule has 0 spiro atoms. The molecule has 0 aliphatic carbocycles. The average molecular weight is 265 g/mol. The summed E-state index contributed by atoms with van der Waals surface area (Å²) in [5.74, 6) is 0. The van der Waals surface area contributed by atoms with Crippen LogP contribution in [0, 0.1) is 0 Å². The monoisotopic (exact) mass is 265 g/mol. The van der Waals surface area contributed by atoms with Gasteiger partial charge in [-0.15, -0.1) is 0 Å². The van der Waals surface area contributed by atoms with Crippen LogP contribution in [-0.4, -0.2) is 26.6 Å². The van der Waals surface area contributed by atoms with Gasteiger partial charge < -0.3 is 9.88 Å². The van der Waals surface area contributed by atoms with E-state index in [4.69, 9.17) is 0 Å². The summed E-state index contributed by atoms with van der Waals surface area (Å²) in [6, 6.07) is 10.3. The van der Waals surface area contributed by atoms with Crippen LogP contribution in [0.2, 0.25) is 0 Å². The first-order valence-corrected chi connectivity index (χ1v) is 6.42. The molecule has 3 rings (SSSR count). The van der Waals surface area contributed by atoms with Gasteiger partial charge in [-0.05, 0) is 17.8 Å². The molecule has 0 saturated heterocycles. The number of benzene rings is 1. The van der Waals surface area contributed by atoms with Crippen molar-refractivity contribution in [2.75, 3.05) is 7.05 Å². The maximum Gasteiger partial charge on any atom is 0.164 e. The van der Waals surface area contributed by atoms with Gasteiger partial charge in [0.2, 0.25) is 0 Å². The number of hydrogen-bond donors (Lipinski definition) is 1. The van der Waals surface area contributed by atoms with Crippen molar-refractivity contribution in [2.45, 2.75) is 6.54 Å². The molecule has 0 radical (unpaired) electrons. The van der Waals surface area contributed by atoms with E-state index in [1.54, 1.807) is 6.33 Å². The van der Waals surface area contributed by atoms with Gasteiger partial charge in [0, 0.05) is 7.05 Å². The van der Waals surface area contributed by atoms with E-state index >= 15 is 0 Å². The molecule has 0 atom stereocenters. The van der Waals surface area contributed by atoms with Crippen molar-refractivity contribution in [1.82, 2.24) is 24.8 Å². The summed E-state index contributed by atoms with van der Waals surface area (Å²) in [6.07, 6.45) is 7.10. The molecule has 0 fully saturated rings. The Labute approximate surface area is 117 Å². The van der Waals surface area contributed by atoms with Crippen LogP contribution in [0.25, 0.3) is 17.2 Å². The van der Waals surface area contributed by atoms with Crippen molar-refractivity contribution < 1.29 is 0 Å². The Morgan fingerprint density at radius 1 is 1.15 bits per heavy atom. The van der Waals surface area contributed by atoms with Crippen LogP contribution in [-0.2, 0) is 6.54 Å². The molecule has 20 heavy (non-hydrogen) atoms. The van der Waals surface area contributed by atoms with Crippen LogP contribution in [0.4, 0.5) is 0 Å². The zero-order valence-electron chi connectivity index (χ0n) is 11.2. The number of rotatable bonds is 4. The minimum Gasteiger partial charge on any atom is -0.394 e. The molecule has 1 aromatic carbocycles. The van der Waals surface area contributed by atoms with Crippen molar-refractivity contribution in [3.05, 3.63) is 60.4 Å². The normalized spacial score (nSPS) is 11.2. The smallest absolute Gasteiger partial charge is 0.164 e. The molecule has 0 amide bonds. The van der Waals surface area contributed by atoms with Gasteiger partial charge in [-0.25, -0.2) is 15.0 Å². The SMILES string of the molecule is CN/C=C\c1ncnc2c1ncn2Cc1ccccc1. The van der Waals surface area contributed by atoms with E-state index < -0.39 is 0 Å². The van der Waals surface area contributed by atoms with E-state index in [1.165, 1.54) is 5.56 Å². The number of aromatic nitrogens is 4. The lowest BCUT2D eigenvalue weighted by Gasteiger charge is -2.03. The summed E-state index contributed by atoms with van der Waals surface area (Å²) >= 11 is 0. The van der Waals surface area contributed by atoms with Crippen molar-refractivity contribution in [2.24, 2.45) is 0 Å². The fourth-order valence-electron chi connectivity index (χ4n) is 2.08. The maximum absolute atomic E-state index is 4.43. The number of nitrogens with zero attached hydrogens (tertiary/aromatic N) is 4. The second-order valence-corrected chi connectivity index (χ2v) is 4.41. The summed E-state index contributed by atoms with van der Waals surface area (Å²) in [6.45, 7) is 0.754. The van der Waals surface area contributed by atoms with E-state index in [9.17, 15) is 0 Å². The number of hydrogen-bond acceptors (Lipinski definition) is 4. The Hall–Kier alpha value is -2.69. The largest absolute Gasteiger partial charge is 0.394 e. The molecule has 100 valence electrons. The maximum atomic E-state index is 4.43. The molecule has 0 aliphatic heterocycles. The van der Waals surface area contributed by atoms with Crippen LogP contribution in [0.3, 0.4) is 0 Å². The Kier molecular flexibility index (Phi) is 3.41. The summed E-state index contributed by atoms with van der Waals surface area (Å²) in [5, 5.41) is 2.95. The summed E-state index contributed by atoms with van der Waals surface area (Å²) in [5.41, 5.74) is 3.70. The Morgan fingerprint density at radius 2 is 2.00 bits per heavy atom. The van der Waals surface area contributed by atoms with E-state index in [1.807, 2.05) is 48.4 Å². The lowest BCUT2D eigenvalue weighted by molar-refractivity contribution is 0.813. The summed E-state index contributed by atoms with van der Waals surface area (Å²) < 4.78 is 2.03. The van der Waals surface area contributed by atoms with Gasteiger partial charge in [0.05, 0.1) is 18.6 Å². The molecule has 5 heteroatoms. The molecular weight excluding hydrogens is 250 g/mol. The Bertz CT molecular complexity index is 730. The van der Waals surface area contributed by atoms with Crippen LogP contribution in [0.1, 0.15) is 11.3 Å². The van der Waals surface area contributed by atoms with E-state index in [-0.39, 0.29) is 0 Å². The van der Waals surface area contributed by atoms with Gasteiger partial charge in [0.25, 0.3) is 0 Å². The fourth-order valence-corrected chi connectivity index (χ4v) is 2.08. The van der Waals surface area contributed by atoms with Gasteiger partial charge in [-0.1, -0.05) is 30.3 Å². The highest BCUT2D eigenvalue weighted by molar-refractivity contribution is 5.79. The Morgan fingerprint density at radius 3 is 2.80 bits per heavy atom. The molecule has 5 nitrogen and oxygen atoms in total. The van der Waals surface area contributed by atoms with Gasteiger partial charge >= 0.3 is 0 Å². The molecule has 0 unspecified atom stereocenters. The zero-order valence-corrected chi connectivity index (χ0v) is 11.2. The van der Waals surface area contributed by atoms with Gasteiger partial charge in [-0.2, -0.15) is 0 Å². The first-order valence-electron chi connectivity index (χ1n) is 6.42.